The highest BCUT2D eigenvalue weighted by Gasteiger charge is 2.16. The van der Waals surface area contributed by atoms with Crippen molar-refractivity contribution in [3.8, 4) is 0 Å². The number of aliphatic hydroxyl groups excluding tert-OH is 1. The monoisotopic (exact) mass is 1010 g/mol. The van der Waals surface area contributed by atoms with Gasteiger partial charge >= 0.3 is 11.9 Å². The van der Waals surface area contributed by atoms with Crippen LogP contribution in [0.25, 0.3) is 0 Å². The van der Waals surface area contributed by atoms with Crippen molar-refractivity contribution in [2.24, 2.45) is 0 Å². The minimum Gasteiger partial charge on any atom is -0.462 e. The molecule has 0 heterocycles. The Morgan fingerprint density at radius 1 is 0.329 bits per heavy atom. The third kappa shape index (κ3) is 60.7. The Kier molecular flexibility index (Phi) is 59.4. The average Bonchev–Trinajstić information content (AvgIpc) is 3.39. The van der Waals surface area contributed by atoms with Gasteiger partial charge in [-0.25, -0.2) is 0 Å². The van der Waals surface area contributed by atoms with Gasteiger partial charge in [0.1, 0.15) is 6.61 Å². The van der Waals surface area contributed by atoms with Crippen LogP contribution in [0.15, 0.2) is 122 Å². The second kappa shape index (κ2) is 62.6. The summed E-state index contributed by atoms with van der Waals surface area (Å²) in [5, 5.41) is 9.66. The molecule has 0 spiro atoms. The number of unbranched alkanes of at least 4 members (excludes halogenated alkanes) is 27. The Hall–Kier alpha value is -3.70. The number of aliphatic hydroxyl groups is 1. The van der Waals surface area contributed by atoms with Crippen molar-refractivity contribution in [3.63, 3.8) is 0 Å². The van der Waals surface area contributed by atoms with Crippen molar-refractivity contribution in [3.05, 3.63) is 122 Å². The van der Waals surface area contributed by atoms with Crippen molar-refractivity contribution in [1.82, 2.24) is 0 Å². The number of ether oxygens (including phenoxy) is 2. The van der Waals surface area contributed by atoms with Crippen LogP contribution in [0.3, 0.4) is 0 Å². The number of carbonyl (C=O) groups is 2. The van der Waals surface area contributed by atoms with Gasteiger partial charge in [-0.2, -0.15) is 0 Å². The van der Waals surface area contributed by atoms with Crippen molar-refractivity contribution in [2.45, 2.75) is 283 Å². The first-order valence-electron chi connectivity index (χ1n) is 30.6. The first kappa shape index (κ1) is 69.3. The van der Waals surface area contributed by atoms with Gasteiger partial charge in [0.05, 0.1) is 6.61 Å². The molecule has 0 aromatic carbocycles. The maximum Gasteiger partial charge on any atom is 0.306 e. The average molecular weight is 1010 g/mol. The topological polar surface area (TPSA) is 72.8 Å². The number of carbonyl (C=O) groups excluding carboxylic acids is 2. The lowest BCUT2D eigenvalue weighted by Gasteiger charge is -2.15. The number of hydrogen-bond acceptors (Lipinski definition) is 5. The molecule has 0 aliphatic heterocycles. The Labute approximate surface area is 452 Å². The molecule has 0 bridgehead atoms. The van der Waals surface area contributed by atoms with E-state index in [1.807, 2.05) is 0 Å². The summed E-state index contributed by atoms with van der Waals surface area (Å²) in [5.74, 6) is -0.596. The van der Waals surface area contributed by atoms with Gasteiger partial charge in [0.25, 0.3) is 0 Å². The van der Waals surface area contributed by atoms with Crippen LogP contribution in [0.1, 0.15) is 277 Å². The molecule has 0 aromatic rings. The van der Waals surface area contributed by atoms with E-state index in [-0.39, 0.29) is 25.2 Å². The molecule has 1 atom stereocenters. The SMILES string of the molecule is CC/C=C\C/C=C\C/C=C\C/C=C\C/C=C\C/C=C\C/C=C\C/C=C\C/C=C\C/C=C\CCCCCCCCCCC(=O)OC(CO)COC(=O)CCCCCCCCCCCCCCCCCCCCCC. The highest BCUT2D eigenvalue weighted by atomic mass is 16.6. The van der Waals surface area contributed by atoms with E-state index < -0.39 is 6.10 Å². The Bertz CT molecular complexity index is 1470. The first-order chi connectivity index (χ1) is 36.1. The first-order valence-corrected chi connectivity index (χ1v) is 30.6. The molecule has 0 aliphatic rings. The normalized spacial score (nSPS) is 13.1. The van der Waals surface area contributed by atoms with Crippen LogP contribution >= 0.6 is 0 Å². The van der Waals surface area contributed by atoms with E-state index in [1.54, 1.807) is 0 Å². The predicted molar refractivity (Wildman–Crippen MR) is 320 cm³/mol. The molecule has 0 aliphatic carbocycles. The van der Waals surface area contributed by atoms with Crippen molar-refractivity contribution >= 4 is 11.9 Å². The van der Waals surface area contributed by atoms with Crippen LogP contribution < -0.4 is 0 Å². The fourth-order valence-corrected chi connectivity index (χ4v) is 8.47. The van der Waals surface area contributed by atoms with Gasteiger partial charge in [-0.3, -0.25) is 9.59 Å². The summed E-state index contributed by atoms with van der Waals surface area (Å²) < 4.78 is 10.7. The highest BCUT2D eigenvalue weighted by molar-refractivity contribution is 5.70. The fraction of sp³-hybridized carbons (Fsp3) is 0.676. The van der Waals surface area contributed by atoms with Gasteiger partial charge < -0.3 is 14.6 Å². The van der Waals surface area contributed by atoms with Gasteiger partial charge in [0.15, 0.2) is 6.10 Å². The molecule has 5 nitrogen and oxygen atoms in total. The number of allylic oxidation sites excluding steroid dienone is 20. The van der Waals surface area contributed by atoms with E-state index in [0.29, 0.717) is 12.8 Å². The lowest BCUT2D eigenvalue weighted by Crippen LogP contribution is -2.28. The van der Waals surface area contributed by atoms with Crippen molar-refractivity contribution in [2.75, 3.05) is 13.2 Å². The lowest BCUT2D eigenvalue weighted by molar-refractivity contribution is -0.161. The molecule has 416 valence electrons. The van der Waals surface area contributed by atoms with Crippen molar-refractivity contribution in [1.29, 1.82) is 0 Å². The zero-order valence-corrected chi connectivity index (χ0v) is 47.6. The smallest absolute Gasteiger partial charge is 0.306 e. The maximum absolute atomic E-state index is 12.3. The molecule has 5 heteroatoms. The zero-order valence-electron chi connectivity index (χ0n) is 47.6. The summed E-state index contributed by atoms with van der Waals surface area (Å²) >= 11 is 0. The van der Waals surface area contributed by atoms with Crippen LogP contribution in [-0.2, 0) is 19.1 Å². The van der Waals surface area contributed by atoms with Crippen molar-refractivity contribution < 1.29 is 24.2 Å². The molecular weight excluding hydrogens is 897 g/mol. The number of esters is 2. The van der Waals surface area contributed by atoms with Crippen LogP contribution in [0.2, 0.25) is 0 Å². The molecule has 0 fully saturated rings. The zero-order chi connectivity index (χ0) is 52.7. The second-order valence-electron chi connectivity index (χ2n) is 20.1. The van der Waals surface area contributed by atoms with Crippen LogP contribution in [0.4, 0.5) is 0 Å². The molecular formula is C68H114O5. The molecule has 73 heavy (non-hydrogen) atoms. The van der Waals surface area contributed by atoms with E-state index in [2.05, 4.69) is 135 Å². The maximum atomic E-state index is 12.3. The molecule has 1 N–H and O–H groups in total. The summed E-state index contributed by atoms with van der Waals surface area (Å²) in [6.07, 6.45) is 91.8. The van der Waals surface area contributed by atoms with Gasteiger partial charge in [-0.05, 0) is 89.9 Å². The van der Waals surface area contributed by atoms with Gasteiger partial charge in [-0.1, -0.05) is 296 Å². The summed E-state index contributed by atoms with van der Waals surface area (Å²) in [6.45, 7) is 4.04. The molecule has 0 radical (unpaired) electrons. The predicted octanol–water partition coefficient (Wildman–Crippen LogP) is 21.0. The highest BCUT2D eigenvalue weighted by Crippen LogP contribution is 2.16. The molecule has 0 saturated heterocycles. The number of rotatable bonds is 55. The van der Waals surface area contributed by atoms with E-state index in [0.717, 1.165) is 109 Å². The van der Waals surface area contributed by atoms with Gasteiger partial charge in [0, 0.05) is 12.8 Å². The standard InChI is InChI=1S/C68H114O5/c1-3-5-7-9-11-13-15-17-19-21-23-25-26-27-28-29-30-31-32-33-34-35-36-37-38-39-40-41-42-43-45-47-49-51-53-55-57-59-61-63-68(71)73-66(64-69)65-72-67(70)62-60-58-56-54-52-50-48-46-44-24-22-20-18-16-14-12-10-8-6-4-2/h5,7,11,13,17,19,23,25,27-28,30-31,33-34,36-37,39-40,42-43,66,69H,3-4,6,8-10,12,14-16,18,20-22,24,26,29,32,35,38,41,44-65H2,1-2H3/b7-5-,13-11-,19-17-,25-23-,28-27-,31-30-,34-33-,37-36-,40-39-,43-42-. The fourth-order valence-electron chi connectivity index (χ4n) is 8.47. The molecule has 0 saturated carbocycles. The quantitative estimate of drug-likeness (QED) is 0.0373. The third-order valence-corrected chi connectivity index (χ3v) is 13.0. The summed E-state index contributed by atoms with van der Waals surface area (Å²) in [4.78, 5) is 24.5. The molecule has 0 aromatic heterocycles. The van der Waals surface area contributed by atoms with E-state index in [1.165, 1.54) is 141 Å². The summed E-state index contributed by atoms with van der Waals surface area (Å²) in [5.41, 5.74) is 0. The Morgan fingerprint density at radius 3 is 0.890 bits per heavy atom. The summed E-state index contributed by atoms with van der Waals surface area (Å²) in [6, 6.07) is 0. The van der Waals surface area contributed by atoms with E-state index >= 15 is 0 Å². The third-order valence-electron chi connectivity index (χ3n) is 13.0. The lowest BCUT2D eigenvalue weighted by atomic mass is 10.0. The minimum absolute atomic E-state index is 0.0717. The molecule has 0 amide bonds. The van der Waals surface area contributed by atoms with Gasteiger partial charge in [-0.15, -0.1) is 0 Å². The Balaban J connectivity index is 3.58. The minimum atomic E-state index is -0.783. The van der Waals surface area contributed by atoms with Crippen LogP contribution in [0, 0.1) is 0 Å². The number of hydrogen-bond donors (Lipinski definition) is 1. The molecule has 1 unspecified atom stereocenters. The second-order valence-corrected chi connectivity index (χ2v) is 20.1. The van der Waals surface area contributed by atoms with Crippen LogP contribution in [0.5, 0.6) is 0 Å². The summed E-state index contributed by atoms with van der Waals surface area (Å²) in [7, 11) is 0. The van der Waals surface area contributed by atoms with E-state index in [4.69, 9.17) is 9.47 Å². The molecule has 0 rings (SSSR count). The van der Waals surface area contributed by atoms with Crippen LogP contribution in [-0.4, -0.2) is 36.4 Å². The Morgan fingerprint density at radius 2 is 0.589 bits per heavy atom. The largest absolute Gasteiger partial charge is 0.462 e. The van der Waals surface area contributed by atoms with Gasteiger partial charge in [0.2, 0.25) is 0 Å². The van der Waals surface area contributed by atoms with E-state index in [9.17, 15) is 14.7 Å².